The largest absolute Gasteiger partial charge is 0.294 e. The van der Waals surface area contributed by atoms with E-state index in [9.17, 15) is 4.79 Å². The minimum Gasteiger partial charge on any atom is -0.294 e. The second-order valence-corrected chi connectivity index (χ2v) is 2.58. The average Bonchev–Trinajstić information content (AvgIpc) is 2.53. The molecule has 0 aromatic heterocycles. The molecule has 61 valence electrons. The Morgan fingerprint density at radius 1 is 1.17 bits per heavy atom. The van der Waals surface area contributed by atoms with Gasteiger partial charge in [0.1, 0.15) is 0 Å². The molecule has 1 aliphatic carbocycles. The van der Waals surface area contributed by atoms with Gasteiger partial charge in [-0.3, -0.25) is 4.79 Å². The van der Waals surface area contributed by atoms with Gasteiger partial charge in [-0.25, -0.2) is 0 Å². The molecule has 1 aliphatic rings. The fourth-order valence-corrected chi connectivity index (χ4v) is 1.39. The van der Waals surface area contributed by atoms with E-state index in [1.807, 2.05) is 24.3 Å². The van der Waals surface area contributed by atoms with Crippen molar-refractivity contribution in [3.63, 3.8) is 0 Å². The predicted molar refractivity (Wildman–Crippen MR) is 50.7 cm³/mol. The Kier molecular flexibility index (Phi) is 3.50. The molecule has 0 atom stereocenters. The molecule has 0 N–H and O–H groups in total. The molecule has 0 saturated heterocycles. The van der Waals surface area contributed by atoms with Crippen LogP contribution in [0.1, 0.15) is 22.3 Å². The first kappa shape index (κ1) is 9.48. The second kappa shape index (κ2) is 4.43. The predicted octanol–water partition coefficient (Wildman–Crippen LogP) is 2.12. The number of aryl methyl sites for hydroxylation is 1. The Bertz CT molecular complexity index is 286. The third-order valence-electron chi connectivity index (χ3n) is 1.94. The molecule has 12 heavy (non-hydrogen) atoms. The van der Waals surface area contributed by atoms with Gasteiger partial charge in [0.25, 0.3) is 0 Å². The zero-order chi connectivity index (χ0) is 8.97. The van der Waals surface area contributed by atoms with Gasteiger partial charge in [-0.1, -0.05) is 24.3 Å². The molecule has 0 amide bonds. The minimum atomic E-state index is 0.301. The molecular formula is C9H8ClOSi. The van der Waals surface area contributed by atoms with E-state index in [-0.39, 0.29) is 0 Å². The van der Waals surface area contributed by atoms with E-state index in [0.29, 0.717) is 12.2 Å². The van der Waals surface area contributed by atoms with Crippen LogP contribution in [0.4, 0.5) is 0 Å². The molecule has 0 heterocycles. The molecule has 0 saturated carbocycles. The quantitative estimate of drug-likeness (QED) is 0.458. The van der Waals surface area contributed by atoms with Crippen molar-refractivity contribution in [3.8, 4) is 0 Å². The Labute approximate surface area is 79.9 Å². The molecule has 1 aromatic carbocycles. The zero-order valence-corrected chi connectivity index (χ0v) is 8.27. The number of halogens is 1. The van der Waals surface area contributed by atoms with Crippen LogP contribution < -0.4 is 0 Å². The van der Waals surface area contributed by atoms with Gasteiger partial charge in [-0.05, 0) is 12.0 Å². The Balaban J connectivity index is 0.000000336. The van der Waals surface area contributed by atoms with E-state index in [2.05, 4.69) is 20.6 Å². The Morgan fingerprint density at radius 3 is 2.50 bits per heavy atom. The number of hydrogen-bond donors (Lipinski definition) is 0. The SMILES string of the molecule is O=C1CCc2ccccc21.[Si]Cl. The second-order valence-electron chi connectivity index (χ2n) is 2.58. The van der Waals surface area contributed by atoms with Crippen molar-refractivity contribution in [2.75, 3.05) is 0 Å². The summed E-state index contributed by atoms with van der Waals surface area (Å²) >= 11 is 4.44. The molecule has 0 aliphatic heterocycles. The van der Waals surface area contributed by atoms with Gasteiger partial charge in [0.2, 0.25) is 0 Å². The lowest BCUT2D eigenvalue weighted by molar-refractivity contribution is 0.0994. The number of benzene rings is 1. The van der Waals surface area contributed by atoms with Crippen LogP contribution in [-0.4, -0.2) is 15.3 Å². The van der Waals surface area contributed by atoms with E-state index in [4.69, 9.17) is 0 Å². The van der Waals surface area contributed by atoms with Gasteiger partial charge in [0.05, 0.1) is 0 Å². The smallest absolute Gasteiger partial charge is 0.174 e. The first-order valence-electron chi connectivity index (χ1n) is 3.68. The highest BCUT2D eigenvalue weighted by atomic mass is 35.6. The van der Waals surface area contributed by atoms with Crippen LogP contribution in [0.25, 0.3) is 0 Å². The van der Waals surface area contributed by atoms with Crippen molar-refractivity contribution in [1.29, 1.82) is 0 Å². The maximum atomic E-state index is 11.1. The number of Topliss-reactive ketones (excluding diaryl/α,β-unsaturated/α-hetero) is 1. The van der Waals surface area contributed by atoms with E-state index in [0.717, 1.165) is 12.0 Å². The molecule has 3 heteroatoms. The summed E-state index contributed by atoms with van der Waals surface area (Å²) in [5.74, 6) is 0.301. The molecular weight excluding hydrogens is 188 g/mol. The number of hydrogen-bond acceptors (Lipinski definition) is 1. The van der Waals surface area contributed by atoms with Crippen molar-refractivity contribution in [1.82, 2.24) is 0 Å². The Hall–Kier alpha value is -0.603. The number of carbonyl (C=O) groups is 1. The van der Waals surface area contributed by atoms with Gasteiger partial charge >= 0.3 is 0 Å². The lowest BCUT2D eigenvalue weighted by Crippen LogP contribution is -1.88. The van der Waals surface area contributed by atoms with E-state index in [1.54, 1.807) is 0 Å². The summed E-state index contributed by atoms with van der Waals surface area (Å²) < 4.78 is 0. The van der Waals surface area contributed by atoms with Crippen LogP contribution in [-0.2, 0) is 6.42 Å². The number of fused-ring (bicyclic) bond motifs is 1. The normalized spacial score (nSPS) is 13.3. The monoisotopic (exact) mass is 195 g/mol. The first-order valence-corrected chi connectivity index (χ1v) is 5.19. The maximum Gasteiger partial charge on any atom is 0.174 e. The van der Waals surface area contributed by atoms with Crippen LogP contribution in [0.15, 0.2) is 24.3 Å². The summed E-state index contributed by atoms with van der Waals surface area (Å²) in [6.07, 6.45) is 1.65. The summed E-state index contributed by atoms with van der Waals surface area (Å²) in [7, 11) is 2.44. The van der Waals surface area contributed by atoms with Crippen LogP contribution in [0.3, 0.4) is 0 Å². The number of ketones is 1. The molecule has 3 radical (unpaired) electrons. The molecule has 0 fully saturated rings. The summed E-state index contributed by atoms with van der Waals surface area (Å²) in [6, 6.07) is 7.84. The number of rotatable bonds is 0. The highest BCUT2D eigenvalue weighted by Crippen LogP contribution is 2.20. The zero-order valence-electron chi connectivity index (χ0n) is 6.51. The van der Waals surface area contributed by atoms with Crippen LogP contribution in [0.2, 0.25) is 0 Å². The third kappa shape index (κ3) is 1.76. The van der Waals surface area contributed by atoms with E-state index < -0.39 is 0 Å². The molecule has 1 aromatic rings. The van der Waals surface area contributed by atoms with Gasteiger partial charge in [-0.2, -0.15) is 11.1 Å². The van der Waals surface area contributed by atoms with Crippen molar-refractivity contribution in [2.24, 2.45) is 0 Å². The first-order chi connectivity index (χ1) is 5.88. The van der Waals surface area contributed by atoms with Crippen molar-refractivity contribution >= 4 is 26.4 Å². The average molecular weight is 196 g/mol. The molecule has 0 bridgehead atoms. The van der Waals surface area contributed by atoms with Gasteiger partial charge in [0.15, 0.2) is 15.3 Å². The molecule has 1 nitrogen and oxygen atoms in total. The highest BCUT2D eigenvalue weighted by Gasteiger charge is 2.17. The minimum absolute atomic E-state index is 0.301. The highest BCUT2D eigenvalue weighted by molar-refractivity contribution is 6.80. The Morgan fingerprint density at radius 2 is 1.83 bits per heavy atom. The fraction of sp³-hybridized carbons (Fsp3) is 0.222. The summed E-state index contributed by atoms with van der Waals surface area (Å²) in [4.78, 5) is 11.1. The third-order valence-corrected chi connectivity index (χ3v) is 1.94. The lowest BCUT2D eigenvalue weighted by atomic mass is 10.1. The van der Waals surface area contributed by atoms with E-state index in [1.165, 1.54) is 5.56 Å². The van der Waals surface area contributed by atoms with Crippen LogP contribution in [0.5, 0.6) is 0 Å². The molecule has 2 rings (SSSR count). The van der Waals surface area contributed by atoms with Crippen LogP contribution in [0, 0.1) is 0 Å². The summed E-state index contributed by atoms with van der Waals surface area (Å²) in [5.41, 5.74) is 2.15. The molecule has 0 spiro atoms. The van der Waals surface area contributed by atoms with E-state index >= 15 is 0 Å². The fourth-order valence-electron chi connectivity index (χ4n) is 1.39. The lowest BCUT2D eigenvalue weighted by Gasteiger charge is -1.92. The summed E-state index contributed by atoms with van der Waals surface area (Å²) in [6.45, 7) is 0. The summed E-state index contributed by atoms with van der Waals surface area (Å²) in [5, 5.41) is 0. The molecule has 0 unspecified atom stereocenters. The van der Waals surface area contributed by atoms with Gasteiger partial charge < -0.3 is 0 Å². The maximum absolute atomic E-state index is 11.1. The van der Waals surface area contributed by atoms with Crippen LogP contribution >= 0.6 is 11.1 Å². The van der Waals surface area contributed by atoms with Gasteiger partial charge in [-0.15, -0.1) is 0 Å². The van der Waals surface area contributed by atoms with Crippen molar-refractivity contribution in [2.45, 2.75) is 12.8 Å². The van der Waals surface area contributed by atoms with Crippen molar-refractivity contribution in [3.05, 3.63) is 35.4 Å². The number of carbonyl (C=O) groups excluding carboxylic acids is 1. The topological polar surface area (TPSA) is 17.1 Å². The van der Waals surface area contributed by atoms with Crippen molar-refractivity contribution < 1.29 is 4.79 Å². The van der Waals surface area contributed by atoms with Gasteiger partial charge in [0, 0.05) is 12.0 Å². The standard InChI is InChI=1S/C9H8O.ClSi/c10-9-6-5-7-3-1-2-4-8(7)9;1-2/h1-4H,5-6H2;.